The standard InChI is InChI=1S/C16H20N2O/c1-18(11-16(12-19)8-4-9-16)15-14-6-3-2-5-13(14)7-10-17-15/h2-3,5-7,10,19H,4,8-9,11-12H2,1H3. The summed E-state index contributed by atoms with van der Waals surface area (Å²) in [5.41, 5.74) is 0.0906. The Labute approximate surface area is 113 Å². The minimum Gasteiger partial charge on any atom is -0.396 e. The molecule has 0 bridgehead atoms. The normalized spacial score (nSPS) is 17.2. The lowest BCUT2D eigenvalue weighted by atomic mass is 9.69. The first-order valence-electron chi connectivity index (χ1n) is 6.90. The van der Waals surface area contributed by atoms with Crippen molar-refractivity contribution in [2.24, 2.45) is 5.41 Å². The van der Waals surface area contributed by atoms with Crippen LogP contribution in [0.2, 0.25) is 0 Å². The lowest BCUT2D eigenvalue weighted by molar-refractivity contribution is 0.0523. The predicted molar refractivity (Wildman–Crippen MR) is 78.4 cm³/mol. The van der Waals surface area contributed by atoms with E-state index in [2.05, 4.69) is 29.1 Å². The Morgan fingerprint density at radius 2 is 2.05 bits per heavy atom. The van der Waals surface area contributed by atoms with Crippen molar-refractivity contribution in [1.82, 2.24) is 4.98 Å². The Hall–Kier alpha value is -1.61. The van der Waals surface area contributed by atoms with Crippen molar-refractivity contribution in [3.05, 3.63) is 36.5 Å². The fourth-order valence-corrected chi connectivity index (χ4v) is 3.03. The molecule has 0 spiro atoms. The number of benzene rings is 1. The van der Waals surface area contributed by atoms with Crippen molar-refractivity contribution >= 4 is 16.6 Å². The first-order valence-corrected chi connectivity index (χ1v) is 6.90. The molecular weight excluding hydrogens is 236 g/mol. The average Bonchev–Trinajstić information content (AvgIpc) is 2.42. The van der Waals surface area contributed by atoms with Crippen LogP contribution in [0.5, 0.6) is 0 Å². The monoisotopic (exact) mass is 256 g/mol. The van der Waals surface area contributed by atoms with Crippen LogP contribution < -0.4 is 4.90 Å². The summed E-state index contributed by atoms with van der Waals surface area (Å²) in [4.78, 5) is 6.72. The van der Waals surface area contributed by atoms with Crippen molar-refractivity contribution in [1.29, 1.82) is 0 Å². The Kier molecular flexibility index (Phi) is 3.15. The number of pyridine rings is 1. The Bertz CT molecular complexity index is 567. The number of hydrogen-bond acceptors (Lipinski definition) is 3. The molecule has 3 heteroatoms. The van der Waals surface area contributed by atoms with Gasteiger partial charge in [-0.1, -0.05) is 30.7 Å². The molecule has 3 nitrogen and oxygen atoms in total. The fraction of sp³-hybridized carbons (Fsp3) is 0.438. The minimum atomic E-state index is 0.0906. The third kappa shape index (κ3) is 2.19. The third-order valence-electron chi connectivity index (χ3n) is 4.34. The molecule has 0 aliphatic heterocycles. The van der Waals surface area contributed by atoms with Crippen LogP contribution in [0.4, 0.5) is 5.82 Å². The molecule has 0 atom stereocenters. The summed E-state index contributed by atoms with van der Waals surface area (Å²) in [6, 6.07) is 10.4. The van der Waals surface area contributed by atoms with Gasteiger partial charge in [0.25, 0.3) is 0 Å². The van der Waals surface area contributed by atoms with Crippen LogP contribution in [0, 0.1) is 5.41 Å². The van der Waals surface area contributed by atoms with Crippen LogP contribution in [-0.2, 0) is 0 Å². The smallest absolute Gasteiger partial charge is 0.136 e. The van der Waals surface area contributed by atoms with E-state index in [1.54, 1.807) is 0 Å². The van der Waals surface area contributed by atoms with Gasteiger partial charge in [-0.05, 0) is 24.3 Å². The van der Waals surface area contributed by atoms with Gasteiger partial charge in [-0.2, -0.15) is 0 Å². The van der Waals surface area contributed by atoms with Gasteiger partial charge in [0.05, 0.1) is 6.61 Å². The molecular formula is C16H20N2O. The summed E-state index contributed by atoms with van der Waals surface area (Å²) in [7, 11) is 2.07. The molecule has 1 N–H and O–H groups in total. The lowest BCUT2D eigenvalue weighted by Gasteiger charge is -2.43. The van der Waals surface area contributed by atoms with Gasteiger partial charge in [-0.25, -0.2) is 4.98 Å². The van der Waals surface area contributed by atoms with Crippen LogP contribution in [0.15, 0.2) is 36.5 Å². The fourth-order valence-electron chi connectivity index (χ4n) is 3.03. The second-order valence-electron chi connectivity index (χ2n) is 5.72. The number of hydrogen-bond donors (Lipinski definition) is 1. The maximum absolute atomic E-state index is 9.60. The van der Waals surface area contributed by atoms with Crippen molar-refractivity contribution in [3.8, 4) is 0 Å². The van der Waals surface area contributed by atoms with E-state index in [0.29, 0.717) is 0 Å². The van der Waals surface area contributed by atoms with Gasteiger partial charge in [0, 0.05) is 30.6 Å². The van der Waals surface area contributed by atoms with Gasteiger partial charge in [0.15, 0.2) is 0 Å². The maximum atomic E-state index is 9.60. The zero-order valence-corrected chi connectivity index (χ0v) is 11.3. The molecule has 1 aliphatic carbocycles. The van der Waals surface area contributed by atoms with E-state index in [0.717, 1.165) is 25.2 Å². The first-order chi connectivity index (χ1) is 9.24. The number of aliphatic hydroxyl groups is 1. The Morgan fingerprint density at radius 3 is 2.74 bits per heavy atom. The van der Waals surface area contributed by atoms with Crippen LogP contribution in [0.3, 0.4) is 0 Å². The number of fused-ring (bicyclic) bond motifs is 1. The average molecular weight is 256 g/mol. The SMILES string of the molecule is CN(CC1(CO)CCC1)c1nccc2ccccc12. The van der Waals surface area contributed by atoms with Crippen LogP contribution >= 0.6 is 0 Å². The highest BCUT2D eigenvalue weighted by atomic mass is 16.3. The van der Waals surface area contributed by atoms with Gasteiger partial charge in [0.1, 0.15) is 5.82 Å². The summed E-state index contributed by atoms with van der Waals surface area (Å²) in [6.45, 7) is 1.16. The van der Waals surface area contributed by atoms with E-state index in [-0.39, 0.29) is 12.0 Å². The Balaban J connectivity index is 1.91. The molecule has 3 rings (SSSR count). The number of aliphatic hydroxyl groups excluding tert-OH is 1. The Morgan fingerprint density at radius 1 is 1.26 bits per heavy atom. The summed E-state index contributed by atoms with van der Waals surface area (Å²) in [5.74, 6) is 1.01. The van der Waals surface area contributed by atoms with E-state index in [1.807, 2.05) is 24.4 Å². The third-order valence-corrected chi connectivity index (χ3v) is 4.34. The highest BCUT2D eigenvalue weighted by Gasteiger charge is 2.37. The molecule has 0 amide bonds. The second-order valence-corrected chi connectivity index (χ2v) is 5.72. The largest absolute Gasteiger partial charge is 0.396 e. The second kappa shape index (κ2) is 4.82. The van der Waals surface area contributed by atoms with E-state index in [1.165, 1.54) is 17.2 Å². The van der Waals surface area contributed by atoms with Crippen molar-refractivity contribution in [2.45, 2.75) is 19.3 Å². The zero-order valence-electron chi connectivity index (χ0n) is 11.3. The number of rotatable bonds is 4. The summed E-state index contributed by atoms with van der Waals surface area (Å²) < 4.78 is 0. The molecule has 1 fully saturated rings. The van der Waals surface area contributed by atoms with Gasteiger partial charge in [-0.15, -0.1) is 0 Å². The highest BCUT2D eigenvalue weighted by molar-refractivity contribution is 5.91. The molecule has 0 saturated heterocycles. The summed E-state index contributed by atoms with van der Waals surface area (Å²) >= 11 is 0. The quantitative estimate of drug-likeness (QED) is 0.913. The van der Waals surface area contributed by atoms with Crippen molar-refractivity contribution in [2.75, 3.05) is 25.1 Å². The van der Waals surface area contributed by atoms with Gasteiger partial charge in [0.2, 0.25) is 0 Å². The number of nitrogens with zero attached hydrogens (tertiary/aromatic N) is 2. The van der Waals surface area contributed by atoms with Gasteiger partial charge >= 0.3 is 0 Å². The van der Waals surface area contributed by atoms with E-state index in [9.17, 15) is 5.11 Å². The molecule has 1 saturated carbocycles. The molecule has 2 aromatic rings. The minimum absolute atomic E-state index is 0.0906. The lowest BCUT2D eigenvalue weighted by Crippen LogP contribution is -2.43. The van der Waals surface area contributed by atoms with E-state index >= 15 is 0 Å². The summed E-state index contributed by atoms with van der Waals surface area (Å²) in [6.07, 6.45) is 5.34. The molecule has 19 heavy (non-hydrogen) atoms. The molecule has 0 radical (unpaired) electrons. The molecule has 1 aliphatic rings. The molecule has 1 heterocycles. The van der Waals surface area contributed by atoms with Gasteiger partial charge < -0.3 is 10.0 Å². The topological polar surface area (TPSA) is 36.4 Å². The molecule has 1 aromatic carbocycles. The van der Waals surface area contributed by atoms with Crippen LogP contribution in [0.25, 0.3) is 10.8 Å². The number of aromatic nitrogens is 1. The zero-order chi connectivity index (χ0) is 13.3. The molecule has 100 valence electrons. The molecule has 1 aromatic heterocycles. The first kappa shape index (κ1) is 12.4. The molecule has 0 unspecified atom stereocenters. The maximum Gasteiger partial charge on any atom is 0.136 e. The van der Waals surface area contributed by atoms with Crippen molar-refractivity contribution < 1.29 is 5.11 Å². The van der Waals surface area contributed by atoms with E-state index < -0.39 is 0 Å². The van der Waals surface area contributed by atoms with Crippen molar-refractivity contribution in [3.63, 3.8) is 0 Å². The van der Waals surface area contributed by atoms with Gasteiger partial charge in [-0.3, -0.25) is 0 Å². The van der Waals surface area contributed by atoms with Crippen LogP contribution in [0.1, 0.15) is 19.3 Å². The summed E-state index contributed by atoms with van der Waals surface area (Å²) in [5, 5.41) is 12.0. The number of anilines is 1. The highest BCUT2D eigenvalue weighted by Crippen LogP contribution is 2.41. The van der Waals surface area contributed by atoms with E-state index in [4.69, 9.17) is 0 Å². The van der Waals surface area contributed by atoms with Crippen LogP contribution in [-0.4, -0.2) is 30.3 Å². The predicted octanol–water partition coefficient (Wildman–Crippen LogP) is 2.83.